The fraction of sp³-hybridized carbons (Fsp3) is 0.600. The number of hydrogen-bond donors (Lipinski definition) is 2. The van der Waals surface area contributed by atoms with E-state index in [1.165, 1.54) is 0 Å². The standard InChI is InChI=1S/C15H24N2O2/c1-7-15(5,6)17-12-9-10(13(18)19)8-11(16-12)14(2,3)4/h8-9H,7H2,1-6H3,(H,16,17)(H,18,19). The van der Waals surface area contributed by atoms with E-state index in [0.717, 1.165) is 12.1 Å². The molecule has 2 N–H and O–H groups in total. The number of anilines is 1. The van der Waals surface area contributed by atoms with Crippen molar-refractivity contribution in [1.29, 1.82) is 0 Å². The molecular weight excluding hydrogens is 240 g/mol. The highest BCUT2D eigenvalue weighted by Gasteiger charge is 2.21. The number of nitrogens with zero attached hydrogens (tertiary/aromatic N) is 1. The number of rotatable bonds is 4. The van der Waals surface area contributed by atoms with Gasteiger partial charge in [-0.25, -0.2) is 9.78 Å². The number of carboxylic acids is 1. The van der Waals surface area contributed by atoms with E-state index in [4.69, 9.17) is 0 Å². The summed E-state index contributed by atoms with van der Waals surface area (Å²) in [5, 5.41) is 12.5. The van der Waals surface area contributed by atoms with Crippen LogP contribution in [0.2, 0.25) is 0 Å². The number of carbonyl (C=O) groups is 1. The molecule has 0 spiro atoms. The highest BCUT2D eigenvalue weighted by molar-refractivity contribution is 5.88. The summed E-state index contributed by atoms with van der Waals surface area (Å²) in [6.07, 6.45) is 0.927. The minimum Gasteiger partial charge on any atom is -0.478 e. The molecular formula is C15H24N2O2. The second-order valence-electron chi connectivity index (χ2n) is 6.54. The van der Waals surface area contributed by atoms with E-state index in [9.17, 15) is 9.90 Å². The van der Waals surface area contributed by atoms with Crippen molar-refractivity contribution in [1.82, 2.24) is 4.98 Å². The van der Waals surface area contributed by atoms with Gasteiger partial charge in [0.1, 0.15) is 5.82 Å². The number of nitrogens with one attached hydrogen (secondary N) is 1. The van der Waals surface area contributed by atoms with Crippen LogP contribution < -0.4 is 5.32 Å². The van der Waals surface area contributed by atoms with Crippen LogP contribution in [0.25, 0.3) is 0 Å². The third-order valence-electron chi connectivity index (χ3n) is 3.19. The normalized spacial score (nSPS) is 12.3. The zero-order valence-electron chi connectivity index (χ0n) is 12.7. The Kier molecular flexibility index (Phi) is 4.23. The molecule has 0 aromatic carbocycles. The molecule has 4 heteroatoms. The zero-order valence-corrected chi connectivity index (χ0v) is 12.7. The molecule has 1 aromatic heterocycles. The molecule has 0 atom stereocenters. The lowest BCUT2D eigenvalue weighted by molar-refractivity contribution is 0.0696. The molecule has 0 saturated carbocycles. The van der Waals surface area contributed by atoms with Gasteiger partial charge in [-0.3, -0.25) is 0 Å². The second kappa shape index (κ2) is 5.19. The van der Waals surface area contributed by atoms with Gasteiger partial charge >= 0.3 is 5.97 Å². The van der Waals surface area contributed by atoms with E-state index in [2.05, 4.69) is 31.1 Å². The predicted molar refractivity (Wildman–Crippen MR) is 77.9 cm³/mol. The Morgan fingerprint density at radius 3 is 2.26 bits per heavy atom. The minimum absolute atomic E-state index is 0.112. The van der Waals surface area contributed by atoms with E-state index in [1.54, 1.807) is 12.1 Å². The van der Waals surface area contributed by atoms with Crippen LogP contribution in [0.3, 0.4) is 0 Å². The van der Waals surface area contributed by atoms with E-state index < -0.39 is 5.97 Å². The van der Waals surface area contributed by atoms with E-state index >= 15 is 0 Å². The quantitative estimate of drug-likeness (QED) is 0.870. The Balaban J connectivity index is 3.25. The average molecular weight is 264 g/mol. The van der Waals surface area contributed by atoms with Crippen LogP contribution >= 0.6 is 0 Å². The number of hydrogen-bond acceptors (Lipinski definition) is 3. The van der Waals surface area contributed by atoms with Crippen LogP contribution in [-0.2, 0) is 5.41 Å². The lowest BCUT2D eigenvalue weighted by Gasteiger charge is -2.27. The van der Waals surface area contributed by atoms with E-state index in [-0.39, 0.29) is 16.5 Å². The molecule has 0 aliphatic carbocycles. The van der Waals surface area contributed by atoms with Crippen LogP contribution in [-0.4, -0.2) is 21.6 Å². The summed E-state index contributed by atoms with van der Waals surface area (Å²) in [7, 11) is 0. The lowest BCUT2D eigenvalue weighted by Crippen LogP contribution is -2.30. The van der Waals surface area contributed by atoms with Gasteiger partial charge in [0.2, 0.25) is 0 Å². The van der Waals surface area contributed by atoms with Gasteiger partial charge in [0.15, 0.2) is 0 Å². The van der Waals surface area contributed by atoms with Crippen LogP contribution in [0.5, 0.6) is 0 Å². The number of aromatic nitrogens is 1. The number of aromatic carboxylic acids is 1. The Bertz CT molecular complexity index is 474. The Labute approximate surface area is 115 Å². The Morgan fingerprint density at radius 2 is 1.84 bits per heavy atom. The minimum atomic E-state index is -0.926. The SMILES string of the molecule is CCC(C)(C)Nc1cc(C(=O)O)cc(C(C)(C)C)n1. The summed E-state index contributed by atoms with van der Waals surface area (Å²) in [6.45, 7) is 12.3. The Morgan fingerprint density at radius 1 is 1.26 bits per heavy atom. The van der Waals surface area contributed by atoms with Crippen molar-refractivity contribution >= 4 is 11.8 Å². The fourth-order valence-corrected chi connectivity index (χ4v) is 1.54. The van der Waals surface area contributed by atoms with Crippen molar-refractivity contribution in [2.75, 3.05) is 5.32 Å². The van der Waals surface area contributed by atoms with Crippen LogP contribution in [0.1, 0.15) is 64.0 Å². The summed E-state index contributed by atoms with van der Waals surface area (Å²) >= 11 is 0. The molecule has 0 saturated heterocycles. The van der Waals surface area contributed by atoms with Crippen molar-refractivity contribution in [2.24, 2.45) is 0 Å². The molecule has 1 heterocycles. The Hall–Kier alpha value is -1.58. The number of carboxylic acid groups (broad SMARTS) is 1. The number of pyridine rings is 1. The van der Waals surface area contributed by atoms with Gasteiger partial charge in [-0.05, 0) is 32.4 Å². The van der Waals surface area contributed by atoms with Crippen LogP contribution in [0, 0.1) is 0 Å². The van der Waals surface area contributed by atoms with E-state index in [1.807, 2.05) is 20.8 Å². The third kappa shape index (κ3) is 4.23. The van der Waals surface area contributed by atoms with Gasteiger partial charge in [-0.1, -0.05) is 27.7 Å². The molecule has 4 nitrogen and oxygen atoms in total. The third-order valence-corrected chi connectivity index (χ3v) is 3.19. The highest BCUT2D eigenvalue weighted by Crippen LogP contribution is 2.25. The van der Waals surface area contributed by atoms with Gasteiger partial charge in [-0.2, -0.15) is 0 Å². The smallest absolute Gasteiger partial charge is 0.335 e. The monoisotopic (exact) mass is 264 g/mol. The lowest BCUT2D eigenvalue weighted by atomic mass is 9.90. The first-order chi connectivity index (χ1) is 8.55. The molecule has 0 radical (unpaired) electrons. The second-order valence-corrected chi connectivity index (χ2v) is 6.54. The summed E-state index contributed by atoms with van der Waals surface area (Å²) in [5.74, 6) is -0.304. The summed E-state index contributed by atoms with van der Waals surface area (Å²) in [5.41, 5.74) is 0.758. The molecule has 106 valence electrons. The van der Waals surface area contributed by atoms with Crippen molar-refractivity contribution in [2.45, 2.75) is 58.9 Å². The summed E-state index contributed by atoms with van der Waals surface area (Å²) in [4.78, 5) is 15.8. The highest BCUT2D eigenvalue weighted by atomic mass is 16.4. The largest absolute Gasteiger partial charge is 0.478 e. The first kappa shape index (κ1) is 15.5. The molecule has 1 rings (SSSR count). The topological polar surface area (TPSA) is 62.2 Å². The molecule has 0 fully saturated rings. The molecule has 0 amide bonds. The maximum absolute atomic E-state index is 11.2. The molecule has 0 unspecified atom stereocenters. The van der Waals surface area contributed by atoms with Crippen molar-refractivity contribution in [3.05, 3.63) is 23.4 Å². The van der Waals surface area contributed by atoms with Gasteiger partial charge in [0, 0.05) is 16.6 Å². The maximum Gasteiger partial charge on any atom is 0.335 e. The van der Waals surface area contributed by atoms with Gasteiger partial charge in [-0.15, -0.1) is 0 Å². The van der Waals surface area contributed by atoms with E-state index in [0.29, 0.717) is 5.82 Å². The van der Waals surface area contributed by atoms with Gasteiger partial charge in [0.25, 0.3) is 0 Å². The first-order valence-corrected chi connectivity index (χ1v) is 6.59. The van der Waals surface area contributed by atoms with Crippen LogP contribution in [0.4, 0.5) is 5.82 Å². The molecule has 1 aromatic rings. The van der Waals surface area contributed by atoms with Gasteiger partial charge in [0.05, 0.1) is 5.56 Å². The van der Waals surface area contributed by atoms with Crippen molar-refractivity contribution < 1.29 is 9.90 Å². The van der Waals surface area contributed by atoms with Crippen molar-refractivity contribution in [3.8, 4) is 0 Å². The molecule has 0 aliphatic heterocycles. The molecule has 0 aliphatic rings. The first-order valence-electron chi connectivity index (χ1n) is 6.59. The zero-order chi connectivity index (χ0) is 14.8. The predicted octanol–water partition coefficient (Wildman–Crippen LogP) is 3.68. The van der Waals surface area contributed by atoms with Gasteiger partial charge < -0.3 is 10.4 Å². The van der Waals surface area contributed by atoms with Crippen molar-refractivity contribution in [3.63, 3.8) is 0 Å². The molecule has 19 heavy (non-hydrogen) atoms. The molecule has 0 bridgehead atoms. The average Bonchev–Trinajstić information content (AvgIpc) is 2.26. The summed E-state index contributed by atoms with van der Waals surface area (Å²) in [6, 6.07) is 3.24. The van der Waals surface area contributed by atoms with Crippen LogP contribution in [0.15, 0.2) is 12.1 Å². The fourth-order valence-electron chi connectivity index (χ4n) is 1.54. The summed E-state index contributed by atoms with van der Waals surface area (Å²) < 4.78 is 0. The maximum atomic E-state index is 11.2.